The number of carbonyl (C=O) groups excluding carboxylic acids is 1. The van der Waals surface area contributed by atoms with Crippen LogP contribution in [0.4, 0.5) is 0 Å². The van der Waals surface area contributed by atoms with Crippen molar-refractivity contribution in [2.45, 2.75) is 70.8 Å². The Balaban J connectivity index is 1.77. The van der Waals surface area contributed by atoms with E-state index in [0.717, 1.165) is 18.7 Å². The molecule has 2 aliphatic rings. The molecule has 0 N–H and O–H groups in total. The first-order chi connectivity index (χ1) is 10.6. The van der Waals surface area contributed by atoms with E-state index in [4.69, 9.17) is 0 Å². The number of rotatable bonds is 3. The largest absolute Gasteiger partial charge is 0.334 e. The first-order valence-electron chi connectivity index (χ1n) is 8.93. The molecule has 1 aromatic rings. The number of amides is 1. The zero-order chi connectivity index (χ0) is 15.7. The van der Waals surface area contributed by atoms with Crippen molar-refractivity contribution < 1.29 is 4.79 Å². The molecular weight excluding hydrogens is 274 g/mol. The van der Waals surface area contributed by atoms with Gasteiger partial charge in [-0.3, -0.25) is 9.48 Å². The second-order valence-electron chi connectivity index (χ2n) is 7.34. The Bertz CT molecular complexity index is 528. The predicted octanol–water partition coefficient (Wildman–Crippen LogP) is 3.73. The number of hydrogen-bond acceptors (Lipinski definition) is 2. The first kappa shape index (κ1) is 15.6. The van der Waals surface area contributed by atoms with Crippen LogP contribution >= 0.6 is 0 Å². The summed E-state index contributed by atoms with van der Waals surface area (Å²) in [6.07, 6.45) is 8.97. The van der Waals surface area contributed by atoms with Crippen molar-refractivity contribution in [3.05, 3.63) is 17.5 Å². The lowest BCUT2D eigenvalue weighted by Gasteiger charge is -2.33. The minimum Gasteiger partial charge on any atom is -0.334 e. The molecule has 3 rings (SSSR count). The van der Waals surface area contributed by atoms with Gasteiger partial charge in [0.15, 0.2) is 5.69 Å². The molecule has 1 aliphatic heterocycles. The van der Waals surface area contributed by atoms with E-state index in [2.05, 4.69) is 23.8 Å². The molecule has 122 valence electrons. The second kappa shape index (κ2) is 6.43. The quantitative estimate of drug-likeness (QED) is 0.853. The van der Waals surface area contributed by atoms with Crippen LogP contribution in [0.1, 0.15) is 80.9 Å². The molecule has 1 aromatic heterocycles. The summed E-state index contributed by atoms with van der Waals surface area (Å²) in [5, 5.41) is 4.48. The van der Waals surface area contributed by atoms with E-state index in [-0.39, 0.29) is 5.91 Å². The molecular formula is C18H29N3O. The summed E-state index contributed by atoms with van der Waals surface area (Å²) in [7, 11) is 1.94. The summed E-state index contributed by atoms with van der Waals surface area (Å²) in [5.41, 5.74) is 1.77. The molecule has 4 heteroatoms. The van der Waals surface area contributed by atoms with E-state index < -0.39 is 0 Å². The maximum atomic E-state index is 12.9. The third-order valence-electron chi connectivity index (χ3n) is 5.48. The first-order valence-corrected chi connectivity index (χ1v) is 8.93. The number of aryl methyl sites for hydroxylation is 1. The fourth-order valence-electron chi connectivity index (χ4n) is 4.33. The summed E-state index contributed by atoms with van der Waals surface area (Å²) in [4.78, 5) is 15.1. The predicted molar refractivity (Wildman–Crippen MR) is 87.9 cm³/mol. The average Bonchev–Trinajstić information content (AvgIpc) is 3.14. The third-order valence-corrected chi connectivity index (χ3v) is 5.48. The van der Waals surface area contributed by atoms with Gasteiger partial charge < -0.3 is 4.90 Å². The maximum absolute atomic E-state index is 12.9. The Labute approximate surface area is 133 Å². The van der Waals surface area contributed by atoms with Crippen LogP contribution in [-0.4, -0.2) is 33.2 Å². The minimum absolute atomic E-state index is 0.149. The molecule has 1 unspecified atom stereocenters. The van der Waals surface area contributed by atoms with Gasteiger partial charge in [0.2, 0.25) is 0 Å². The zero-order valence-electron chi connectivity index (χ0n) is 14.2. The Morgan fingerprint density at radius 2 is 1.91 bits per heavy atom. The minimum atomic E-state index is 0.149. The van der Waals surface area contributed by atoms with E-state index in [1.165, 1.54) is 38.5 Å². The van der Waals surface area contributed by atoms with E-state index >= 15 is 0 Å². The number of aromatic nitrogens is 2. The van der Waals surface area contributed by atoms with E-state index in [1.54, 1.807) is 0 Å². The van der Waals surface area contributed by atoms with Crippen molar-refractivity contribution in [3.8, 4) is 0 Å². The van der Waals surface area contributed by atoms with Gasteiger partial charge in [-0.15, -0.1) is 0 Å². The molecule has 0 aromatic carbocycles. The van der Waals surface area contributed by atoms with Gasteiger partial charge >= 0.3 is 0 Å². The summed E-state index contributed by atoms with van der Waals surface area (Å²) in [6.45, 7) is 5.20. The molecule has 2 heterocycles. The third kappa shape index (κ3) is 2.92. The van der Waals surface area contributed by atoms with Crippen molar-refractivity contribution >= 4 is 5.91 Å². The van der Waals surface area contributed by atoms with Crippen molar-refractivity contribution in [1.82, 2.24) is 14.7 Å². The lowest BCUT2D eigenvalue weighted by atomic mass is 9.83. The molecule has 1 saturated carbocycles. The Morgan fingerprint density at radius 1 is 1.18 bits per heavy atom. The molecule has 2 fully saturated rings. The van der Waals surface area contributed by atoms with Gasteiger partial charge in [-0.2, -0.15) is 5.10 Å². The van der Waals surface area contributed by atoms with E-state index in [0.29, 0.717) is 23.6 Å². The molecule has 0 bridgehead atoms. The topological polar surface area (TPSA) is 38.1 Å². The van der Waals surface area contributed by atoms with Crippen molar-refractivity contribution in [1.29, 1.82) is 0 Å². The fraction of sp³-hybridized carbons (Fsp3) is 0.778. The molecule has 1 amide bonds. The average molecular weight is 303 g/mol. The van der Waals surface area contributed by atoms with Gasteiger partial charge in [-0.05, 0) is 43.6 Å². The molecule has 4 nitrogen and oxygen atoms in total. The van der Waals surface area contributed by atoms with Gasteiger partial charge in [-0.1, -0.05) is 33.1 Å². The van der Waals surface area contributed by atoms with Crippen LogP contribution in [0.3, 0.4) is 0 Å². The highest BCUT2D eigenvalue weighted by atomic mass is 16.2. The number of carbonyl (C=O) groups is 1. The molecule has 22 heavy (non-hydrogen) atoms. The Hall–Kier alpha value is -1.32. The SMILES string of the molecule is CC(C)c1cc(C(=O)N2CCCC2C2CCCCC2)nn1C. The molecule has 1 saturated heterocycles. The molecule has 0 radical (unpaired) electrons. The molecule has 0 spiro atoms. The van der Waals surface area contributed by atoms with Crippen LogP contribution in [0.15, 0.2) is 6.07 Å². The summed E-state index contributed by atoms with van der Waals surface area (Å²) < 4.78 is 1.86. The summed E-state index contributed by atoms with van der Waals surface area (Å²) in [5.74, 6) is 1.26. The Kier molecular flexibility index (Phi) is 4.55. The van der Waals surface area contributed by atoms with Crippen LogP contribution in [0.25, 0.3) is 0 Å². The van der Waals surface area contributed by atoms with E-state index in [9.17, 15) is 4.79 Å². The van der Waals surface area contributed by atoms with E-state index in [1.807, 2.05) is 17.8 Å². The van der Waals surface area contributed by atoms with Crippen molar-refractivity contribution in [3.63, 3.8) is 0 Å². The number of nitrogens with zero attached hydrogens (tertiary/aromatic N) is 3. The van der Waals surface area contributed by atoms with Crippen molar-refractivity contribution in [2.24, 2.45) is 13.0 Å². The van der Waals surface area contributed by atoms with Gasteiger partial charge in [0, 0.05) is 25.3 Å². The van der Waals surface area contributed by atoms with Gasteiger partial charge in [0.25, 0.3) is 5.91 Å². The van der Waals surface area contributed by atoms with Gasteiger partial charge in [0.1, 0.15) is 0 Å². The van der Waals surface area contributed by atoms with Crippen LogP contribution in [0.2, 0.25) is 0 Å². The van der Waals surface area contributed by atoms with Gasteiger partial charge in [0.05, 0.1) is 0 Å². The highest BCUT2D eigenvalue weighted by molar-refractivity contribution is 5.92. The normalized spacial score (nSPS) is 23.5. The number of likely N-dealkylation sites (tertiary alicyclic amines) is 1. The highest BCUT2D eigenvalue weighted by Gasteiger charge is 2.36. The summed E-state index contributed by atoms with van der Waals surface area (Å²) in [6, 6.07) is 2.45. The van der Waals surface area contributed by atoms with Crippen LogP contribution in [-0.2, 0) is 7.05 Å². The smallest absolute Gasteiger partial charge is 0.274 e. The zero-order valence-corrected chi connectivity index (χ0v) is 14.2. The fourth-order valence-corrected chi connectivity index (χ4v) is 4.33. The standard InChI is InChI=1S/C18H29N3O/c1-13(2)17-12-15(19-20(17)3)18(22)21-11-7-10-16(21)14-8-5-4-6-9-14/h12-14,16H,4-11H2,1-3H3. The summed E-state index contributed by atoms with van der Waals surface area (Å²) >= 11 is 0. The number of hydrogen-bond donors (Lipinski definition) is 0. The Morgan fingerprint density at radius 3 is 2.55 bits per heavy atom. The monoisotopic (exact) mass is 303 g/mol. The lowest BCUT2D eigenvalue weighted by molar-refractivity contribution is 0.0655. The maximum Gasteiger partial charge on any atom is 0.274 e. The van der Waals surface area contributed by atoms with Crippen LogP contribution in [0.5, 0.6) is 0 Å². The van der Waals surface area contributed by atoms with Crippen LogP contribution in [0, 0.1) is 5.92 Å². The second-order valence-corrected chi connectivity index (χ2v) is 7.34. The molecule has 1 atom stereocenters. The van der Waals surface area contributed by atoms with Crippen molar-refractivity contribution in [2.75, 3.05) is 6.54 Å². The molecule has 1 aliphatic carbocycles. The highest BCUT2D eigenvalue weighted by Crippen LogP contribution is 2.35. The lowest BCUT2D eigenvalue weighted by Crippen LogP contribution is -2.41. The van der Waals surface area contributed by atoms with Gasteiger partial charge in [-0.25, -0.2) is 0 Å². The van der Waals surface area contributed by atoms with Crippen LogP contribution < -0.4 is 0 Å².